The van der Waals surface area contributed by atoms with Gasteiger partial charge in [-0.05, 0) is 67.3 Å². The summed E-state index contributed by atoms with van der Waals surface area (Å²) in [4.78, 5) is 17.4. The number of aromatic nitrogens is 2. The molecule has 2 heterocycles. The molecule has 5 nitrogen and oxygen atoms in total. The normalized spacial score (nSPS) is 17.3. The molecule has 1 aliphatic heterocycles. The van der Waals surface area contributed by atoms with Crippen molar-refractivity contribution >= 4 is 17.8 Å². The van der Waals surface area contributed by atoms with Gasteiger partial charge in [-0.2, -0.15) is 18.3 Å². The van der Waals surface area contributed by atoms with Crippen LogP contribution in [0.25, 0.3) is 11.9 Å². The van der Waals surface area contributed by atoms with Crippen LogP contribution in [0.2, 0.25) is 0 Å². The molecule has 5 rings (SSSR count). The number of aryl methyl sites for hydroxylation is 1. The number of carbonyl (C=O) groups excluding carboxylic acids is 1. The summed E-state index contributed by atoms with van der Waals surface area (Å²) in [5.41, 5.74) is 1.83. The number of hydrogen-bond donors (Lipinski definition) is 0. The Morgan fingerprint density at radius 2 is 1.73 bits per heavy atom. The second kappa shape index (κ2) is 10.1. The lowest BCUT2D eigenvalue weighted by Crippen LogP contribution is -2.49. The van der Waals surface area contributed by atoms with Crippen LogP contribution in [0.1, 0.15) is 51.3 Å². The van der Waals surface area contributed by atoms with Crippen LogP contribution in [0, 0.1) is 6.92 Å². The van der Waals surface area contributed by atoms with Crippen LogP contribution in [0.3, 0.4) is 0 Å². The van der Waals surface area contributed by atoms with Crippen molar-refractivity contribution < 1.29 is 22.4 Å². The molecule has 2 aliphatic rings. The first kappa shape index (κ1) is 25.2. The molecule has 0 N–H and O–H groups in total. The third kappa shape index (κ3) is 5.93. The minimum absolute atomic E-state index is 0.0145. The summed E-state index contributed by atoms with van der Waals surface area (Å²) in [6, 6.07) is 14.0. The first-order valence-electron chi connectivity index (χ1n) is 12.4. The highest BCUT2D eigenvalue weighted by atomic mass is 19.4. The molecule has 9 heteroatoms. The van der Waals surface area contributed by atoms with Gasteiger partial charge < -0.3 is 4.90 Å². The quantitative estimate of drug-likeness (QED) is 0.401. The standard InChI is InChI=1S/C28H28F4N4O/c1-19-15-26(25(29)17-20-5-7-23(8-6-20)28(30,31)32)33-36(19)18-21-3-2-4-22(16-21)27(37)35-13-11-34(12-14-35)24-9-10-24/h2-8,15-17,24H,9-14,18H2,1H3/b25-17-. The summed E-state index contributed by atoms with van der Waals surface area (Å²) in [7, 11) is 0. The van der Waals surface area contributed by atoms with Crippen molar-refractivity contribution in [2.45, 2.75) is 38.5 Å². The average Bonchev–Trinajstić information content (AvgIpc) is 3.67. The van der Waals surface area contributed by atoms with Gasteiger partial charge in [0.05, 0.1) is 12.1 Å². The van der Waals surface area contributed by atoms with Crippen molar-refractivity contribution in [3.63, 3.8) is 0 Å². The molecule has 0 radical (unpaired) electrons. The van der Waals surface area contributed by atoms with Gasteiger partial charge in [-0.3, -0.25) is 14.4 Å². The largest absolute Gasteiger partial charge is 0.416 e. The van der Waals surface area contributed by atoms with Crippen LogP contribution in [-0.2, 0) is 12.7 Å². The number of rotatable bonds is 6. The molecule has 1 saturated heterocycles. The molecule has 1 saturated carbocycles. The van der Waals surface area contributed by atoms with Crippen LogP contribution in [-0.4, -0.2) is 57.7 Å². The van der Waals surface area contributed by atoms with Crippen molar-refractivity contribution in [2.75, 3.05) is 26.2 Å². The Labute approximate surface area is 213 Å². The lowest BCUT2D eigenvalue weighted by molar-refractivity contribution is -0.137. The monoisotopic (exact) mass is 512 g/mol. The molecule has 0 unspecified atom stereocenters. The summed E-state index contributed by atoms with van der Waals surface area (Å²) in [5.74, 6) is -0.628. The van der Waals surface area contributed by atoms with E-state index in [9.17, 15) is 22.4 Å². The van der Waals surface area contributed by atoms with E-state index >= 15 is 0 Å². The van der Waals surface area contributed by atoms with Crippen LogP contribution in [0.15, 0.2) is 54.6 Å². The molecular weight excluding hydrogens is 484 g/mol. The van der Waals surface area contributed by atoms with Crippen molar-refractivity contribution in [3.8, 4) is 0 Å². The van der Waals surface area contributed by atoms with Crippen molar-refractivity contribution in [3.05, 3.63) is 88.2 Å². The Kier molecular flexibility index (Phi) is 6.90. The number of halogens is 4. The number of hydrogen-bond acceptors (Lipinski definition) is 3. The fourth-order valence-corrected chi connectivity index (χ4v) is 4.66. The van der Waals surface area contributed by atoms with Gasteiger partial charge in [-0.1, -0.05) is 24.3 Å². The van der Waals surface area contributed by atoms with Gasteiger partial charge in [0, 0.05) is 43.5 Å². The van der Waals surface area contributed by atoms with Gasteiger partial charge in [-0.25, -0.2) is 4.39 Å². The maximum absolute atomic E-state index is 14.9. The van der Waals surface area contributed by atoms with E-state index in [-0.39, 0.29) is 11.6 Å². The highest BCUT2D eigenvalue weighted by Gasteiger charge is 2.32. The molecule has 1 amide bonds. The molecular formula is C28H28F4N4O. The molecule has 1 aliphatic carbocycles. The van der Waals surface area contributed by atoms with Crippen LogP contribution in [0.5, 0.6) is 0 Å². The first-order chi connectivity index (χ1) is 17.7. The minimum Gasteiger partial charge on any atom is -0.336 e. The maximum Gasteiger partial charge on any atom is 0.416 e. The number of carbonyl (C=O) groups is 1. The van der Waals surface area contributed by atoms with Crippen molar-refractivity contribution in [2.24, 2.45) is 0 Å². The fraction of sp³-hybridized carbons (Fsp3) is 0.357. The number of benzene rings is 2. The Morgan fingerprint density at radius 1 is 1.03 bits per heavy atom. The Balaban J connectivity index is 1.26. The molecule has 2 aromatic carbocycles. The van der Waals surface area contributed by atoms with E-state index in [1.165, 1.54) is 25.0 Å². The topological polar surface area (TPSA) is 41.4 Å². The van der Waals surface area contributed by atoms with Gasteiger partial charge >= 0.3 is 6.18 Å². The lowest BCUT2D eigenvalue weighted by atomic mass is 10.1. The Hall–Kier alpha value is -3.46. The molecule has 0 atom stereocenters. The molecule has 37 heavy (non-hydrogen) atoms. The first-order valence-corrected chi connectivity index (χ1v) is 12.4. The van der Waals surface area contributed by atoms with Gasteiger partial charge in [-0.15, -0.1) is 0 Å². The summed E-state index contributed by atoms with van der Waals surface area (Å²) < 4.78 is 54.8. The van der Waals surface area contributed by atoms with Crippen LogP contribution >= 0.6 is 0 Å². The zero-order chi connectivity index (χ0) is 26.2. The molecule has 0 bridgehead atoms. The number of alkyl halides is 3. The SMILES string of the molecule is Cc1cc(/C(F)=C/c2ccc(C(F)(F)F)cc2)nn1Cc1cccc(C(=O)N2CCN(C3CC3)CC2)c1. The van der Waals surface area contributed by atoms with Crippen molar-refractivity contribution in [1.82, 2.24) is 19.6 Å². The minimum atomic E-state index is -4.44. The molecule has 0 spiro atoms. The summed E-state index contributed by atoms with van der Waals surface area (Å²) in [5, 5.41) is 4.35. The molecule has 194 valence electrons. The zero-order valence-corrected chi connectivity index (χ0v) is 20.5. The van der Waals surface area contributed by atoms with Gasteiger partial charge in [0.1, 0.15) is 5.69 Å². The van der Waals surface area contributed by atoms with Gasteiger partial charge in [0.25, 0.3) is 5.91 Å². The Morgan fingerprint density at radius 3 is 2.38 bits per heavy atom. The highest BCUT2D eigenvalue weighted by molar-refractivity contribution is 5.94. The van der Waals surface area contributed by atoms with Crippen LogP contribution in [0.4, 0.5) is 17.6 Å². The van der Waals surface area contributed by atoms with Crippen LogP contribution < -0.4 is 0 Å². The highest BCUT2D eigenvalue weighted by Crippen LogP contribution is 2.30. The average molecular weight is 513 g/mol. The predicted molar refractivity (Wildman–Crippen MR) is 133 cm³/mol. The third-order valence-corrected chi connectivity index (χ3v) is 6.93. The summed E-state index contributed by atoms with van der Waals surface area (Å²) >= 11 is 0. The number of nitrogens with zero attached hydrogens (tertiary/aromatic N) is 4. The third-order valence-electron chi connectivity index (χ3n) is 6.93. The summed E-state index contributed by atoms with van der Waals surface area (Å²) in [6.07, 6.45) is -0.753. The summed E-state index contributed by atoms with van der Waals surface area (Å²) in [6.45, 7) is 5.44. The predicted octanol–water partition coefficient (Wildman–Crippen LogP) is 5.65. The zero-order valence-electron chi connectivity index (χ0n) is 20.5. The van der Waals surface area contributed by atoms with E-state index in [0.29, 0.717) is 23.7 Å². The fourth-order valence-electron chi connectivity index (χ4n) is 4.66. The van der Waals surface area contributed by atoms with E-state index < -0.39 is 17.6 Å². The molecule has 2 fully saturated rings. The lowest BCUT2D eigenvalue weighted by Gasteiger charge is -2.34. The van der Waals surface area contributed by atoms with E-state index in [0.717, 1.165) is 55.6 Å². The number of piperazine rings is 1. The second-order valence-corrected chi connectivity index (χ2v) is 9.70. The maximum atomic E-state index is 14.9. The Bertz CT molecular complexity index is 1300. The van der Waals surface area contributed by atoms with E-state index in [1.54, 1.807) is 17.7 Å². The smallest absolute Gasteiger partial charge is 0.336 e. The van der Waals surface area contributed by atoms with E-state index in [2.05, 4.69) is 10.00 Å². The van der Waals surface area contributed by atoms with Gasteiger partial charge in [0.2, 0.25) is 0 Å². The van der Waals surface area contributed by atoms with E-state index in [4.69, 9.17) is 0 Å². The molecule has 1 aromatic heterocycles. The molecule has 3 aromatic rings. The second-order valence-electron chi connectivity index (χ2n) is 9.70. The van der Waals surface area contributed by atoms with E-state index in [1.807, 2.05) is 29.2 Å². The number of amides is 1. The van der Waals surface area contributed by atoms with Crippen molar-refractivity contribution in [1.29, 1.82) is 0 Å². The van der Waals surface area contributed by atoms with Gasteiger partial charge in [0.15, 0.2) is 5.83 Å².